The number of anilines is 1. The van der Waals surface area contributed by atoms with E-state index >= 15 is 0 Å². The van der Waals surface area contributed by atoms with Crippen LogP contribution in [-0.4, -0.2) is 5.75 Å². The van der Waals surface area contributed by atoms with Gasteiger partial charge in [0.05, 0.1) is 0 Å². The summed E-state index contributed by atoms with van der Waals surface area (Å²) >= 11 is 1.79. The van der Waals surface area contributed by atoms with Crippen molar-refractivity contribution in [3.05, 3.63) is 35.9 Å². The number of hydrogen-bond donors (Lipinski definition) is 1. The molecule has 0 aromatic heterocycles. The number of nitrogen functional groups attached to an aromatic ring is 1. The molecule has 0 saturated heterocycles. The molecule has 0 unspecified atom stereocenters. The second-order valence-electron chi connectivity index (χ2n) is 3.27. The number of aryl methyl sites for hydroxylation is 1. The maximum absolute atomic E-state index is 5.70. The Balaban J connectivity index is 2.75. The van der Waals surface area contributed by atoms with Gasteiger partial charge >= 0.3 is 0 Å². The lowest BCUT2D eigenvalue weighted by Gasteiger charge is -2.05. The van der Waals surface area contributed by atoms with E-state index in [1.807, 2.05) is 19.1 Å². The van der Waals surface area contributed by atoms with Crippen LogP contribution in [0.25, 0.3) is 0 Å². The number of hydrogen-bond acceptors (Lipinski definition) is 2. The SMILES string of the molecule is C=C(C)CSc1cc(N)ccc1C. The molecule has 13 heavy (non-hydrogen) atoms. The molecule has 0 aliphatic rings. The smallest absolute Gasteiger partial charge is 0.0325 e. The third-order valence-corrected chi connectivity index (χ3v) is 3.07. The van der Waals surface area contributed by atoms with Gasteiger partial charge in [0, 0.05) is 16.3 Å². The minimum Gasteiger partial charge on any atom is -0.399 e. The average Bonchev–Trinajstić information content (AvgIpc) is 2.06. The van der Waals surface area contributed by atoms with Crippen LogP contribution in [0.1, 0.15) is 12.5 Å². The molecule has 0 aliphatic carbocycles. The summed E-state index contributed by atoms with van der Waals surface area (Å²) in [7, 11) is 0. The number of rotatable bonds is 3. The molecular formula is C11H15NS. The van der Waals surface area contributed by atoms with Gasteiger partial charge in [0.15, 0.2) is 0 Å². The summed E-state index contributed by atoms with van der Waals surface area (Å²) in [6.45, 7) is 8.00. The molecule has 1 nitrogen and oxygen atoms in total. The van der Waals surface area contributed by atoms with Gasteiger partial charge in [-0.3, -0.25) is 0 Å². The van der Waals surface area contributed by atoms with Crippen molar-refractivity contribution in [1.29, 1.82) is 0 Å². The van der Waals surface area contributed by atoms with E-state index in [4.69, 9.17) is 5.73 Å². The van der Waals surface area contributed by atoms with E-state index in [1.165, 1.54) is 16.0 Å². The van der Waals surface area contributed by atoms with Crippen molar-refractivity contribution < 1.29 is 0 Å². The molecular weight excluding hydrogens is 178 g/mol. The van der Waals surface area contributed by atoms with Gasteiger partial charge < -0.3 is 5.73 Å². The fourth-order valence-corrected chi connectivity index (χ4v) is 1.89. The highest BCUT2D eigenvalue weighted by atomic mass is 32.2. The molecule has 2 N–H and O–H groups in total. The van der Waals surface area contributed by atoms with Crippen molar-refractivity contribution in [1.82, 2.24) is 0 Å². The summed E-state index contributed by atoms with van der Waals surface area (Å²) in [5.41, 5.74) is 8.99. The normalized spacial score (nSPS) is 10.0. The van der Waals surface area contributed by atoms with E-state index in [0.717, 1.165) is 11.4 Å². The lowest BCUT2D eigenvalue weighted by atomic mass is 10.2. The first-order valence-electron chi connectivity index (χ1n) is 4.23. The van der Waals surface area contributed by atoms with Crippen LogP contribution in [0.15, 0.2) is 35.2 Å². The second kappa shape index (κ2) is 4.38. The molecule has 70 valence electrons. The maximum Gasteiger partial charge on any atom is 0.0325 e. The summed E-state index contributed by atoms with van der Waals surface area (Å²) < 4.78 is 0. The van der Waals surface area contributed by atoms with Gasteiger partial charge in [0.1, 0.15) is 0 Å². The van der Waals surface area contributed by atoms with Crippen LogP contribution in [0.2, 0.25) is 0 Å². The van der Waals surface area contributed by atoms with Crippen LogP contribution < -0.4 is 5.73 Å². The topological polar surface area (TPSA) is 26.0 Å². The summed E-state index contributed by atoms with van der Waals surface area (Å²) in [6.07, 6.45) is 0. The number of thioether (sulfide) groups is 1. The summed E-state index contributed by atoms with van der Waals surface area (Å²) in [6, 6.07) is 6.00. The molecule has 0 radical (unpaired) electrons. The minimum absolute atomic E-state index is 0.829. The Hall–Kier alpha value is -0.890. The first kappa shape index (κ1) is 10.2. The third kappa shape index (κ3) is 3.15. The van der Waals surface area contributed by atoms with Crippen molar-refractivity contribution in [3.8, 4) is 0 Å². The number of nitrogens with two attached hydrogens (primary N) is 1. The summed E-state index contributed by atoms with van der Waals surface area (Å²) in [5, 5.41) is 0. The van der Waals surface area contributed by atoms with Crippen LogP contribution in [0.3, 0.4) is 0 Å². The van der Waals surface area contributed by atoms with E-state index < -0.39 is 0 Å². The Bertz CT molecular complexity index is 318. The quantitative estimate of drug-likeness (QED) is 0.453. The second-order valence-corrected chi connectivity index (χ2v) is 4.29. The van der Waals surface area contributed by atoms with Crippen LogP contribution in [-0.2, 0) is 0 Å². The molecule has 0 amide bonds. The monoisotopic (exact) mass is 193 g/mol. The average molecular weight is 193 g/mol. The molecule has 0 spiro atoms. The Morgan fingerprint density at radius 1 is 1.54 bits per heavy atom. The zero-order valence-corrected chi connectivity index (χ0v) is 8.95. The largest absolute Gasteiger partial charge is 0.399 e. The van der Waals surface area contributed by atoms with Gasteiger partial charge in [-0.2, -0.15) is 0 Å². The van der Waals surface area contributed by atoms with Crippen molar-refractivity contribution in [2.24, 2.45) is 0 Å². The third-order valence-electron chi connectivity index (χ3n) is 1.69. The first-order chi connectivity index (χ1) is 6.09. The van der Waals surface area contributed by atoms with Crippen molar-refractivity contribution in [3.63, 3.8) is 0 Å². The van der Waals surface area contributed by atoms with E-state index in [0.29, 0.717) is 0 Å². The minimum atomic E-state index is 0.829. The molecule has 1 rings (SSSR count). The molecule has 0 fully saturated rings. The van der Waals surface area contributed by atoms with Crippen molar-refractivity contribution >= 4 is 17.4 Å². The van der Waals surface area contributed by atoms with Crippen molar-refractivity contribution in [2.45, 2.75) is 18.7 Å². The van der Waals surface area contributed by atoms with E-state index in [1.54, 1.807) is 11.8 Å². The number of benzene rings is 1. The fraction of sp³-hybridized carbons (Fsp3) is 0.273. The fourth-order valence-electron chi connectivity index (χ4n) is 0.973. The zero-order chi connectivity index (χ0) is 9.84. The molecule has 1 aromatic rings. The predicted molar refractivity (Wildman–Crippen MR) is 61.1 cm³/mol. The molecule has 0 aliphatic heterocycles. The van der Waals surface area contributed by atoms with Crippen LogP contribution in [0.5, 0.6) is 0 Å². The van der Waals surface area contributed by atoms with Crippen molar-refractivity contribution in [2.75, 3.05) is 11.5 Å². The highest BCUT2D eigenvalue weighted by Gasteiger charge is 1.99. The Morgan fingerprint density at radius 2 is 2.23 bits per heavy atom. The van der Waals surface area contributed by atoms with Crippen LogP contribution in [0.4, 0.5) is 5.69 Å². The van der Waals surface area contributed by atoms with Gasteiger partial charge in [0.2, 0.25) is 0 Å². The summed E-state index contributed by atoms with van der Waals surface area (Å²) in [5.74, 6) is 0.963. The predicted octanol–water partition coefficient (Wildman–Crippen LogP) is 3.25. The zero-order valence-electron chi connectivity index (χ0n) is 8.13. The lowest BCUT2D eigenvalue weighted by Crippen LogP contribution is -1.88. The molecule has 0 saturated carbocycles. The highest BCUT2D eigenvalue weighted by molar-refractivity contribution is 7.99. The lowest BCUT2D eigenvalue weighted by molar-refractivity contribution is 1.30. The van der Waals surface area contributed by atoms with E-state index in [9.17, 15) is 0 Å². The first-order valence-corrected chi connectivity index (χ1v) is 5.21. The molecule has 0 heterocycles. The summed E-state index contributed by atoms with van der Waals surface area (Å²) in [4.78, 5) is 1.25. The molecule has 0 atom stereocenters. The van der Waals surface area contributed by atoms with Gasteiger partial charge in [0.25, 0.3) is 0 Å². The van der Waals surface area contributed by atoms with E-state index in [-0.39, 0.29) is 0 Å². The van der Waals surface area contributed by atoms with Gasteiger partial charge in [-0.05, 0) is 31.5 Å². The Labute approximate surface area is 84.0 Å². The highest BCUT2D eigenvalue weighted by Crippen LogP contribution is 2.25. The van der Waals surface area contributed by atoms with Gasteiger partial charge in [-0.15, -0.1) is 11.8 Å². The Morgan fingerprint density at radius 3 is 2.85 bits per heavy atom. The van der Waals surface area contributed by atoms with E-state index in [2.05, 4.69) is 19.6 Å². The molecule has 0 bridgehead atoms. The standard InChI is InChI=1S/C11H15NS/c1-8(2)7-13-11-6-10(12)5-4-9(11)3/h4-6H,1,7,12H2,2-3H3. The van der Waals surface area contributed by atoms with Gasteiger partial charge in [-0.1, -0.05) is 18.2 Å². The maximum atomic E-state index is 5.70. The van der Waals surface area contributed by atoms with Crippen LogP contribution >= 0.6 is 11.8 Å². The van der Waals surface area contributed by atoms with Gasteiger partial charge in [-0.25, -0.2) is 0 Å². The Kier molecular flexibility index (Phi) is 3.43. The molecule has 1 aromatic carbocycles. The van der Waals surface area contributed by atoms with Crippen LogP contribution in [0, 0.1) is 6.92 Å². The molecule has 2 heteroatoms.